The van der Waals surface area contributed by atoms with E-state index >= 15 is 0 Å². The smallest absolute Gasteiger partial charge is 0.479 e. The Morgan fingerprint density at radius 1 is 0.979 bits per heavy atom. The van der Waals surface area contributed by atoms with E-state index in [1.54, 1.807) is 48.5 Å². The predicted octanol–water partition coefficient (Wildman–Crippen LogP) is 4.01. The van der Waals surface area contributed by atoms with Crippen molar-refractivity contribution in [2.75, 3.05) is 13.1 Å². The normalized spacial score (nSPS) is 20.4. The summed E-state index contributed by atoms with van der Waals surface area (Å²) in [6.45, 7) is 1.97. The maximum absolute atomic E-state index is 12.8. The number of nitrogens with zero attached hydrogens (tertiary/aromatic N) is 1. The van der Waals surface area contributed by atoms with E-state index in [1.165, 1.54) is 18.2 Å². The van der Waals surface area contributed by atoms with E-state index in [-0.39, 0.29) is 23.7 Å². The Morgan fingerprint density at radius 2 is 1.62 bits per heavy atom. The average Bonchev–Trinajstić information content (AvgIpc) is 3.48. The zero-order valence-corrected chi connectivity index (χ0v) is 26.6. The number of piperidine rings is 1. The second-order valence-corrected chi connectivity index (χ2v) is 12.3. The molecule has 4 atom stereocenters. The number of alkyl halides is 3. The Labute approximate surface area is 279 Å². The number of nitrogens with two attached hydrogens (primary N) is 2. The lowest BCUT2D eigenvalue weighted by atomic mass is 9.83. The maximum Gasteiger partial charge on any atom is 0.490 e. The molecule has 0 aromatic heterocycles. The number of carbonyl (C=O) groups is 5. The predicted molar refractivity (Wildman–Crippen MR) is 172 cm³/mol. The molecule has 3 aliphatic rings. The van der Waals surface area contributed by atoms with E-state index in [0.29, 0.717) is 17.7 Å². The van der Waals surface area contributed by atoms with Gasteiger partial charge in [-0.2, -0.15) is 13.2 Å². The molecular formula is C33H37F3N4O7S. The maximum atomic E-state index is 12.8. The molecule has 0 radical (unpaired) electrons. The molecule has 2 aliphatic heterocycles. The molecule has 0 spiro atoms. The SMILES string of the molecule is NC(=O)C1SC2=CC=CCC2C1C(=O)N1CCCCC1.NCc1cccc(C(=O)N[C@@H](C(=O)O)c2ccccc2)c1.O=C(O)C(F)(F)F. The van der Waals surface area contributed by atoms with Crippen molar-refractivity contribution >= 4 is 41.4 Å². The van der Waals surface area contributed by atoms with E-state index < -0.39 is 35.3 Å². The van der Waals surface area contributed by atoms with Gasteiger partial charge in [-0.1, -0.05) is 60.7 Å². The minimum atomic E-state index is -5.08. The van der Waals surface area contributed by atoms with Gasteiger partial charge in [0.1, 0.15) is 0 Å². The Kier molecular flexibility index (Phi) is 13.8. The van der Waals surface area contributed by atoms with Crippen LogP contribution >= 0.6 is 11.8 Å². The van der Waals surface area contributed by atoms with Crippen LogP contribution in [0.3, 0.4) is 0 Å². The van der Waals surface area contributed by atoms with Crippen LogP contribution in [0.2, 0.25) is 0 Å². The van der Waals surface area contributed by atoms with Gasteiger partial charge in [-0.15, -0.1) is 11.8 Å². The van der Waals surface area contributed by atoms with Crippen LogP contribution in [0, 0.1) is 11.8 Å². The number of halogens is 3. The van der Waals surface area contributed by atoms with Crippen LogP contribution in [0.25, 0.3) is 0 Å². The molecule has 7 N–H and O–H groups in total. The summed E-state index contributed by atoms with van der Waals surface area (Å²) in [7, 11) is 0. The van der Waals surface area contributed by atoms with Crippen molar-refractivity contribution in [3.63, 3.8) is 0 Å². The first-order valence-corrected chi connectivity index (χ1v) is 15.9. The molecule has 15 heteroatoms. The van der Waals surface area contributed by atoms with Crippen molar-refractivity contribution < 1.29 is 47.4 Å². The van der Waals surface area contributed by atoms with Gasteiger partial charge in [-0.05, 0) is 53.8 Å². The molecule has 2 aromatic carbocycles. The zero-order chi connectivity index (χ0) is 35.4. The Bertz CT molecular complexity index is 1530. The van der Waals surface area contributed by atoms with Crippen molar-refractivity contribution in [1.82, 2.24) is 10.2 Å². The van der Waals surface area contributed by atoms with E-state index in [4.69, 9.17) is 21.4 Å². The highest BCUT2D eigenvalue weighted by Gasteiger charge is 2.48. The lowest BCUT2D eigenvalue weighted by Gasteiger charge is -2.32. The molecule has 2 aromatic rings. The summed E-state index contributed by atoms with van der Waals surface area (Å²) in [6, 6.07) is 14.3. The Morgan fingerprint density at radius 3 is 2.19 bits per heavy atom. The van der Waals surface area contributed by atoms with Crippen LogP contribution in [0.5, 0.6) is 0 Å². The second-order valence-electron chi connectivity index (χ2n) is 11.1. The number of hydrogen-bond acceptors (Lipinski definition) is 7. The topological polar surface area (TPSA) is 193 Å². The molecule has 2 heterocycles. The Hall–Kier alpha value is -4.63. The highest BCUT2D eigenvalue weighted by molar-refractivity contribution is 8.04. The molecule has 11 nitrogen and oxygen atoms in total. The standard InChI is InChI=1S/C16H16N2O3.C15H20N2O2S.C2HF3O2/c17-10-11-5-4-8-13(9-11)15(19)18-14(16(20)21)12-6-2-1-3-7-12;16-14(18)13-12(10-6-2-3-7-11(10)20-13)15(19)17-8-4-1-5-9-17;3-2(4,5)1(6)7/h1-9,14H,10,17H2,(H,18,19)(H,20,21);2-3,7,10,12-13H,1,4-6,8-9H2,(H2,16,18);(H,6,7)/t14-;;/m1../s1. The van der Waals surface area contributed by atoms with Crippen molar-refractivity contribution in [3.8, 4) is 0 Å². The molecular weight excluding hydrogens is 653 g/mol. The number of likely N-dealkylation sites (tertiary alicyclic amines) is 1. The van der Waals surface area contributed by atoms with Crippen LogP contribution in [0.4, 0.5) is 13.2 Å². The number of rotatable bonds is 7. The molecule has 0 saturated carbocycles. The molecule has 0 bridgehead atoms. The van der Waals surface area contributed by atoms with Gasteiger partial charge in [-0.25, -0.2) is 9.59 Å². The van der Waals surface area contributed by atoms with Crippen LogP contribution in [0.15, 0.2) is 77.7 Å². The lowest BCUT2D eigenvalue weighted by molar-refractivity contribution is -0.192. The Balaban J connectivity index is 0.000000218. The summed E-state index contributed by atoms with van der Waals surface area (Å²) in [4.78, 5) is 60.1. The third-order valence-corrected chi connectivity index (χ3v) is 9.22. The molecule has 1 aliphatic carbocycles. The molecule has 258 valence electrons. The summed E-state index contributed by atoms with van der Waals surface area (Å²) in [5.74, 6) is -4.66. The third kappa shape index (κ3) is 10.4. The monoisotopic (exact) mass is 690 g/mol. The fourth-order valence-corrected chi connectivity index (χ4v) is 6.79. The van der Waals surface area contributed by atoms with Crippen molar-refractivity contribution in [2.45, 2.75) is 49.7 Å². The number of carboxylic acids is 2. The number of primary amides is 1. The largest absolute Gasteiger partial charge is 0.490 e. The second kappa shape index (κ2) is 17.5. The number of nitrogens with one attached hydrogen (secondary N) is 1. The minimum Gasteiger partial charge on any atom is -0.479 e. The first-order valence-electron chi connectivity index (χ1n) is 15.0. The summed E-state index contributed by atoms with van der Waals surface area (Å²) >= 11 is 1.49. The number of thioether (sulfide) groups is 1. The molecule has 2 fully saturated rings. The average molecular weight is 691 g/mol. The number of carboxylic acid groups (broad SMARTS) is 2. The molecule has 48 heavy (non-hydrogen) atoms. The highest BCUT2D eigenvalue weighted by atomic mass is 32.2. The van der Waals surface area contributed by atoms with E-state index in [2.05, 4.69) is 11.4 Å². The highest BCUT2D eigenvalue weighted by Crippen LogP contribution is 2.50. The lowest BCUT2D eigenvalue weighted by Crippen LogP contribution is -2.46. The number of hydrogen-bond donors (Lipinski definition) is 5. The summed E-state index contributed by atoms with van der Waals surface area (Å²) < 4.78 is 31.7. The van der Waals surface area contributed by atoms with Crippen LogP contribution in [0.1, 0.15) is 53.2 Å². The van der Waals surface area contributed by atoms with Crippen LogP contribution < -0.4 is 16.8 Å². The first-order chi connectivity index (χ1) is 22.7. The quantitative estimate of drug-likeness (QED) is 0.286. The van der Waals surface area contributed by atoms with E-state index in [9.17, 15) is 37.5 Å². The summed E-state index contributed by atoms with van der Waals surface area (Å²) in [5, 5.41) is 18.5. The molecule has 5 rings (SSSR count). The fraction of sp³-hybridized carbons (Fsp3) is 0.364. The molecule has 2 saturated heterocycles. The number of carbonyl (C=O) groups excluding carboxylic acids is 3. The number of allylic oxidation sites excluding steroid dienone is 4. The number of fused-ring (bicyclic) bond motifs is 1. The van der Waals surface area contributed by atoms with Gasteiger partial charge in [0, 0.05) is 31.1 Å². The molecule has 3 amide bonds. The number of amides is 3. The third-order valence-electron chi connectivity index (χ3n) is 7.73. The summed E-state index contributed by atoms with van der Waals surface area (Å²) in [5.41, 5.74) is 12.8. The number of aliphatic carboxylic acids is 2. The fourth-order valence-electron chi connectivity index (χ4n) is 5.36. The van der Waals surface area contributed by atoms with Crippen LogP contribution in [-0.4, -0.2) is 69.3 Å². The van der Waals surface area contributed by atoms with Crippen LogP contribution in [-0.2, 0) is 25.7 Å². The van der Waals surface area contributed by atoms with Gasteiger partial charge >= 0.3 is 18.1 Å². The van der Waals surface area contributed by atoms with E-state index in [0.717, 1.165) is 42.8 Å². The van der Waals surface area contributed by atoms with Gasteiger partial charge < -0.3 is 31.9 Å². The number of benzene rings is 2. The van der Waals surface area contributed by atoms with Gasteiger partial charge in [0.2, 0.25) is 11.8 Å². The first kappa shape index (κ1) is 37.8. The zero-order valence-electron chi connectivity index (χ0n) is 25.8. The summed E-state index contributed by atoms with van der Waals surface area (Å²) in [6.07, 6.45) is 5.20. The van der Waals surface area contributed by atoms with Gasteiger partial charge in [0.25, 0.3) is 5.91 Å². The minimum absolute atomic E-state index is 0.129. The van der Waals surface area contributed by atoms with Crippen molar-refractivity contribution in [3.05, 3.63) is 94.4 Å². The van der Waals surface area contributed by atoms with Gasteiger partial charge in [-0.3, -0.25) is 14.4 Å². The van der Waals surface area contributed by atoms with Crippen molar-refractivity contribution in [2.24, 2.45) is 23.3 Å². The molecule has 3 unspecified atom stereocenters. The van der Waals surface area contributed by atoms with E-state index in [1.807, 2.05) is 23.1 Å². The van der Waals surface area contributed by atoms with Gasteiger partial charge in [0.05, 0.1) is 11.2 Å². The van der Waals surface area contributed by atoms with Crippen molar-refractivity contribution in [1.29, 1.82) is 0 Å². The van der Waals surface area contributed by atoms with Gasteiger partial charge in [0.15, 0.2) is 6.04 Å².